The maximum Gasteiger partial charge on any atom is 0.227 e. The molecule has 0 saturated heterocycles. The van der Waals surface area contributed by atoms with E-state index in [1.807, 2.05) is 61.5 Å². The summed E-state index contributed by atoms with van der Waals surface area (Å²) in [5.74, 6) is 0.146. The number of aromatic nitrogens is 1. The number of allylic oxidation sites excluding steroid dienone is 1. The molecule has 2 heterocycles. The second-order valence-electron chi connectivity index (χ2n) is 8.28. The number of rotatable bonds is 3. The Morgan fingerprint density at radius 3 is 2.50 bits per heavy atom. The molecular weight excluding hydrogens is 398 g/mol. The topological polar surface area (TPSA) is 62.3 Å². The van der Waals surface area contributed by atoms with E-state index < -0.39 is 6.04 Å². The van der Waals surface area contributed by atoms with Crippen LogP contribution in [0.5, 0.6) is 0 Å². The summed E-state index contributed by atoms with van der Waals surface area (Å²) in [6, 6.07) is 21.3. The van der Waals surface area contributed by atoms with Gasteiger partial charge in [0.2, 0.25) is 5.91 Å². The largest absolute Gasteiger partial charge is 0.357 e. The molecule has 2 atom stereocenters. The fraction of sp³-hybridized carbons (Fsp3) is 0.222. The van der Waals surface area contributed by atoms with Crippen molar-refractivity contribution in [2.75, 3.05) is 10.2 Å². The van der Waals surface area contributed by atoms with Crippen LogP contribution >= 0.6 is 0 Å². The highest BCUT2D eigenvalue weighted by atomic mass is 16.2. The highest BCUT2D eigenvalue weighted by Crippen LogP contribution is 2.47. The van der Waals surface area contributed by atoms with Crippen LogP contribution in [0.25, 0.3) is 0 Å². The van der Waals surface area contributed by atoms with Crippen LogP contribution in [0, 0.1) is 0 Å². The molecule has 5 heteroatoms. The van der Waals surface area contributed by atoms with Gasteiger partial charge in [0.05, 0.1) is 17.4 Å². The second kappa shape index (κ2) is 8.42. The summed E-state index contributed by atoms with van der Waals surface area (Å²) in [7, 11) is 0. The van der Waals surface area contributed by atoms with Crippen molar-refractivity contribution in [3.63, 3.8) is 0 Å². The molecule has 0 radical (unpaired) electrons. The molecule has 5 rings (SSSR count). The highest BCUT2D eigenvalue weighted by molar-refractivity contribution is 6.06. The summed E-state index contributed by atoms with van der Waals surface area (Å²) in [6.45, 7) is 1.85. The lowest BCUT2D eigenvalue weighted by molar-refractivity contribution is -0.119. The second-order valence-corrected chi connectivity index (χ2v) is 8.28. The third kappa shape index (κ3) is 3.50. The average molecular weight is 424 g/mol. The van der Waals surface area contributed by atoms with Crippen LogP contribution in [0.15, 0.2) is 90.4 Å². The molecule has 0 saturated carbocycles. The van der Waals surface area contributed by atoms with Crippen LogP contribution in [0.2, 0.25) is 0 Å². The number of benzene rings is 2. The number of nitrogens with zero attached hydrogens (tertiary/aromatic N) is 2. The number of amides is 1. The van der Waals surface area contributed by atoms with Gasteiger partial charge in [-0.15, -0.1) is 0 Å². The number of anilines is 2. The molecule has 0 unspecified atom stereocenters. The molecule has 3 aromatic rings. The first-order valence-electron chi connectivity index (χ1n) is 11.1. The van der Waals surface area contributed by atoms with Crippen molar-refractivity contribution in [3.05, 3.63) is 102 Å². The number of ketones is 1. The van der Waals surface area contributed by atoms with Crippen LogP contribution in [-0.4, -0.2) is 16.7 Å². The van der Waals surface area contributed by atoms with Gasteiger partial charge in [-0.05, 0) is 41.7 Å². The molecule has 1 aliphatic heterocycles. The highest BCUT2D eigenvalue weighted by Gasteiger charge is 2.41. The van der Waals surface area contributed by atoms with Gasteiger partial charge in [-0.2, -0.15) is 0 Å². The van der Waals surface area contributed by atoms with Gasteiger partial charge in [0.15, 0.2) is 5.78 Å². The van der Waals surface area contributed by atoms with Crippen LogP contribution in [0.3, 0.4) is 0 Å². The van der Waals surface area contributed by atoms with E-state index in [-0.39, 0.29) is 17.6 Å². The summed E-state index contributed by atoms with van der Waals surface area (Å²) in [6.07, 6.45) is 4.95. The normalized spacial score (nSPS) is 20.2. The van der Waals surface area contributed by atoms with Crippen molar-refractivity contribution in [3.8, 4) is 0 Å². The first kappa shape index (κ1) is 20.2. The van der Waals surface area contributed by atoms with Crippen LogP contribution in [0.4, 0.5) is 11.4 Å². The summed E-state index contributed by atoms with van der Waals surface area (Å²) in [4.78, 5) is 33.1. The van der Waals surface area contributed by atoms with Crippen molar-refractivity contribution < 1.29 is 9.59 Å². The van der Waals surface area contributed by atoms with Gasteiger partial charge >= 0.3 is 0 Å². The standard InChI is InChI=1S/C27H25N3O2/c1-2-25(32)30-23-13-7-6-12-21(23)29-22-15-20(18-9-4-3-5-10-18)16-24(31)26(22)27(30)19-11-8-14-28-17-19/h3-14,17,20,27,29H,2,15-16H2,1H3/t20-,27+/m1/s1. The van der Waals surface area contributed by atoms with Crippen molar-refractivity contribution in [1.29, 1.82) is 0 Å². The molecule has 0 spiro atoms. The Morgan fingerprint density at radius 1 is 1.00 bits per heavy atom. The van der Waals surface area contributed by atoms with Crippen LogP contribution in [0.1, 0.15) is 49.3 Å². The Bertz CT molecular complexity index is 1190. The van der Waals surface area contributed by atoms with Crippen molar-refractivity contribution in [2.45, 2.75) is 38.1 Å². The van der Waals surface area contributed by atoms with Gasteiger partial charge < -0.3 is 5.32 Å². The number of Topliss-reactive ketones (excluding diaryl/α,β-unsaturated/α-hetero) is 1. The predicted molar refractivity (Wildman–Crippen MR) is 125 cm³/mol. The molecule has 1 aliphatic carbocycles. The molecule has 1 aromatic heterocycles. The smallest absolute Gasteiger partial charge is 0.227 e. The maximum absolute atomic E-state index is 13.7. The number of carbonyl (C=O) groups excluding carboxylic acids is 2. The molecule has 0 fully saturated rings. The first-order chi connectivity index (χ1) is 15.7. The fourth-order valence-electron chi connectivity index (χ4n) is 4.85. The number of hydrogen-bond acceptors (Lipinski definition) is 4. The molecule has 1 amide bonds. The Kier molecular flexibility index (Phi) is 5.31. The monoisotopic (exact) mass is 423 g/mol. The Morgan fingerprint density at radius 2 is 1.75 bits per heavy atom. The SMILES string of the molecule is CCC(=O)N1c2ccccc2NC2=C(C(=O)C[C@H](c3ccccc3)C2)[C@@H]1c1cccnc1. The molecule has 32 heavy (non-hydrogen) atoms. The molecule has 5 nitrogen and oxygen atoms in total. The lowest BCUT2D eigenvalue weighted by Crippen LogP contribution is -2.38. The van der Waals surface area contributed by atoms with Crippen LogP contribution in [-0.2, 0) is 9.59 Å². The van der Waals surface area contributed by atoms with Gasteiger partial charge in [-0.1, -0.05) is 55.5 Å². The first-order valence-corrected chi connectivity index (χ1v) is 11.1. The summed E-state index contributed by atoms with van der Waals surface area (Å²) < 4.78 is 0. The van der Waals surface area contributed by atoms with E-state index in [1.54, 1.807) is 17.3 Å². The van der Waals surface area contributed by atoms with Crippen molar-refractivity contribution in [1.82, 2.24) is 4.98 Å². The minimum Gasteiger partial charge on any atom is -0.357 e. The Balaban J connectivity index is 1.71. The maximum atomic E-state index is 13.7. The van der Waals surface area contributed by atoms with Crippen LogP contribution < -0.4 is 10.2 Å². The number of para-hydroxylation sites is 2. The number of hydrogen-bond donors (Lipinski definition) is 1. The van der Waals surface area contributed by atoms with Gasteiger partial charge in [0.1, 0.15) is 0 Å². The van der Waals surface area contributed by atoms with Gasteiger partial charge in [0.25, 0.3) is 0 Å². The minimum atomic E-state index is -0.508. The number of pyridine rings is 1. The molecular formula is C27H25N3O2. The average Bonchev–Trinajstić information content (AvgIpc) is 2.99. The zero-order valence-electron chi connectivity index (χ0n) is 18.0. The van der Waals surface area contributed by atoms with E-state index in [1.165, 1.54) is 0 Å². The fourth-order valence-corrected chi connectivity index (χ4v) is 4.85. The van der Waals surface area contributed by atoms with E-state index in [9.17, 15) is 9.59 Å². The quantitative estimate of drug-likeness (QED) is 0.613. The zero-order chi connectivity index (χ0) is 22.1. The molecule has 0 bridgehead atoms. The number of nitrogens with one attached hydrogen (secondary N) is 1. The number of fused-ring (bicyclic) bond motifs is 1. The zero-order valence-corrected chi connectivity index (χ0v) is 18.0. The predicted octanol–water partition coefficient (Wildman–Crippen LogP) is 5.39. The molecule has 2 aromatic carbocycles. The van der Waals surface area contributed by atoms with Crippen molar-refractivity contribution >= 4 is 23.1 Å². The van der Waals surface area contributed by atoms with E-state index in [0.29, 0.717) is 24.8 Å². The van der Waals surface area contributed by atoms with E-state index in [0.717, 1.165) is 28.2 Å². The lowest BCUT2D eigenvalue weighted by atomic mass is 9.78. The Labute approximate surface area is 187 Å². The van der Waals surface area contributed by atoms with E-state index in [2.05, 4.69) is 22.4 Å². The molecule has 1 N–H and O–H groups in total. The van der Waals surface area contributed by atoms with Gasteiger partial charge in [-0.25, -0.2) is 0 Å². The van der Waals surface area contributed by atoms with E-state index >= 15 is 0 Å². The summed E-state index contributed by atoms with van der Waals surface area (Å²) in [5.41, 5.74) is 5.19. The van der Waals surface area contributed by atoms with Gasteiger partial charge in [0, 0.05) is 36.5 Å². The van der Waals surface area contributed by atoms with Crippen molar-refractivity contribution in [2.24, 2.45) is 0 Å². The lowest BCUT2D eigenvalue weighted by Gasteiger charge is -2.34. The van der Waals surface area contributed by atoms with E-state index in [4.69, 9.17) is 0 Å². The number of carbonyl (C=O) groups is 2. The third-order valence-corrected chi connectivity index (χ3v) is 6.33. The molecule has 160 valence electrons. The minimum absolute atomic E-state index is 0.0279. The summed E-state index contributed by atoms with van der Waals surface area (Å²) in [5, 5.41) is 3.54. The van der Waals surface area contributed by atoms with Gasteiger partial charge in [-0.3, -0.25) is 19.5 Å². The Hall–Kier alpha value is -3.73. The molecule has 2 aliphatic rings. The third-order valence-electron chi connectivity index (χ3n) is 6.33. The summed E-state index contributed by atoms with van der Waals surface area (Å²) >= 11 is 0.